The molecule has 1 N–H and O–H groups in total. The van der Waals surface area contributed by atoms with Gasteiger partial charge >= 0.3 is 0 Å². The van der Waals surface area contributed by atoms with Gasteiger partial charge in [0.25, 0.3) is 5.96 Å². The highest BCUT2D eigenvalue weighted by Crippen LogP contribution is 2.43. The maximum atomic E-state index is 10.6. The standard InChI is InChI=1S/C11H12ClN5O2/c12-9-2-1-8(5-13-9)6-16-7-11(3-4-11)14-10(16)15-17(18)19/h1-2,5H,3-4,6-7H2,(H,14,15). The average molecular weight is 282 g/mol. The number of nitro groups is 1. The summed E-state index contributed by atoms with van der Waals surface area (Å²) in [5.41, 5.74) is 3.02. The van der Waals surface area contributed by atoms with E-state index in [4.69, 9.17) is 11.6 Å². The number of aliphatic imine (C=N–C) groups is 1. The van der Waals surface area contributed by atoms with Crippen LogP contribution in [0.25, 0.3) is 0 Å². The van der Waals surface area contributed by atoms with Gasteiger partial charge in [-0.3, -0.25) is 0 Å². The van der Waals surface area contributed by atoms with E-state index in [1.165, 1.54) is 0 Å². The SMILES string of the molecule is O=[N+]([O-])NC1=NC2(CC2)CN1Cc1ccc(Cl)nc1. The van der Waals surface area contributed by atoms with Gasteiger partial charge < -0.3 is 4.90 Å². The van der Waals surface area contributed by atoms with Gasteiger partial charge in [0.05, 0.1) is 5.54 Å². The normalized spacial score (nSPS) is 19.4. The van der Waals surface area contributed by atoms with Crippen LogP contribution in [0.3, 0.4) is 0 Å². The molecule has 0 atom stereocenters. The zero-order chi connectivity index (χ0) is 13.5. The van der Waals surface area contributed by atoms with Gasteiger partial charge in [0.2, 0.25) is 0 Å². The third-order valence-corrected chi connectivity index (χ3v) is 3.53. The van der Waals surface area contributed by atoms with Crippen molar-refractivity contribution in [3.8, 4) is 0 Å². The smallest absolute Gasteiger partial charge is 0.257 e. The Morgan fingerprint density at radius 3 is 2.89 bits per heavy atom. The first-order valence-electron chi connectivity index (χ1n) is 5.93. The lowest BCUT2D eigenvalue weighted by Crippen LogP contribution is -2.41. The van der Waals surface area contributed by atoms with Crippen LogP contribution in [0.15, 0.2) is 23.3 Å². The van der Waals surface area contributed by atoms with Crippen molar-refractivity contribution in [1.29, 1.82) is 0 Å². The van der Waals surface area contributed by atoms with E-state index in [0.717, 1.165) is 18.4 Å². The van der Waals surface area contributed by atoms with Crippen LogP contribution in [-0.2, 0) is 6.54 Å². The van der Waals surface area contributed by atoms with Gasteiger partial charge in [-0.1, -0.05) is 23.1 Å². The first kappa shape index (κ1) is 12.2. The molecule has 1 aromatic heterocycles. The van der Waals surface area contributed by atoms with Crippen molar-refractivity contribution in [2.75, 3.05) is 6.54 Å². The van der Waals surface area contributed by atoms with Gasteiger partial charge in [0.1, 0.15) is 5.15 Å². The predicted octanol–water partition coefficient (Wildman–Crippen LogP) is 1.22. The Balaban J connectivity index is 1.74. The van der Waals surface area contributed by atoms with Crippen molar-refractivity contribution in [3.05, 3.63) is 39.2 Å². The fraction of sp³-hybridized carbons (Fsp3) is 0.455. The number of halogens is 1. The Bertz CT molecular complexity index is 541. The van der Waals surface area contributed by atoms with Crippen LogP contribution in [0.2, 0.25) is 5.15 Å². The van der Waals surface area contributed by atoms with E-state index in [1.54, 1.807) is 12.3 Å². The van der Waals surface area contributed by atoms with Gasteiger partial charge in [-0.25, -0.2) is 20.1 Å². The molecule has 1 fully saturated rings. The highest BCUT2D eigenvalue weighted by atomic mass is 35.5. The van der Waals surface area contributed by atoms with Crippen LogP contribution in [0.5, 0.6) is 0 Å². The topological polar surface area (TPSA) is 83.7 Å². The quantitative estimate of drug-likeness (QED) is 0.512. The number of pyridine rings is 1. The molecule has 3 rings (SSSR count). The van der Waals surface area contributed by atoms with Gasteiger partial charge in [-0.2, -0.15) is 0 Å². The summed E-state index contributed by atoms with van der Waals surface area (Å²) in [6.45, 7) is 1.25. The van der Waals surface area contributed by atoms with Crippen molar-refractivity contribution in [1.82, 2.24) is 15.3 Å². The summed E-state index contributed by atoms with van der Waals surface area (Å²) in [6.07, 6.45) is 3.65. The molecule has 2 aliphatic rings. The van der Waals surface area contributed by atoms with Gasteiger partial charge in [-0.05, 0) is 24.5 Å². The molecule has 1 spiro atoms. The molecule has 1 aliphatic heterocycles. The summed E-state index contributed by atoms with van der Waals surface area (Å²) in [5.74, 6) is 0.331. The number of rotatable bonds is 3. The summed E-state index contributed by atoms with van der Waals surface area (Å²) in [6, 6.07) is 3.56. The molecule has 0 radical (unpaired) electrons. The van der Waals surface area contributed by atoms with E-state index in [-0.39, 0.29) is 5.54 Å². The minimum atomic E-state index is -0.576. The molecule has 0 unspecified atom stereocenters. The molecule has 0 saturated heterocycles. The Labute approximate surface area is 114 Å². The number of aromatic nitrogens is 1. The lowest BCUT2D eigenvalue weighted by atomic mass is 10.2. The van der Waals surface area contributed by atoms with E-state index in [2.05, 4.69) is 15.4 Å². The Hall–Kier alpha value is -1.89. The maximum Gasteiger partial charge on any atom is 0.257 e. The molecule has 0 aromatic carbocycles. The fourth-order valence-corrected chi connectivity index (χ4v) is 2.32. The number of nitrogens with zero attached hydrogens (tertiary/aromatic N) is 4. The maximum absolute atomic E-state index is 10.6. The number of hydrogen-bond donors (Lipinski definition) is 1. The summed E-state index contributed by atoms with van der Waals surface area (Å²) in [5, 5.41) is 10.4. The molecule has 0 bridgehead atoms. The van der Waals surface area contributed by atoms with Crippen molar-refractivity contribution >= 4 is 17.6 Å². The van der Waals surface area contributed by atoms with Crippen molar-refractivity contribution in [2.45, 2.75) is 24.9 Å². The second kappa shape index (κ2) is 4.34. The lowest BCUT2D eigenvalue weighted by molar-refractivity contribution is -0.526. The number of hydrogen-bond acceptors (Lipinski definition) is 5. The van der Waals surface area contributed by atoms with Crippen LogP contribution in [0.1, 0.15) is 18.4 Å². The monoisotopic (exact) mass is 281 g/mol. The fourth-order valence-electron chi connectivity index (χ4n) is 2.20. The molecule has 1 aromatic rings. The summed E-state index contributed by atoms with van der Waals surface area (Å²) < 4.78 is 0. The van der Waals surface area contributed by atoms with Gasteiger partial charge in [0.15, 0.2) is 5.03 Å². The highest BCUT2D eigenvalue weighted by molar-refractivity contribution is 6.29. The minimum absolute atomic E-state index is 0.0990. The second-order valence-electron chi connectivity index (χ2n) is 4.87. The van der Waals surface area contributed by atoms with Gasteiger partial charge in [-0.15, -0.1) is 0 Å². The number of nitrogens with one attached hydrogen (secondary N) is 1. The molecule has 7 nitrogen and oxygen atoms in total. The summed E-state index contributed by atoms with van der Waals surface area (Å²) >= 11 is 5.73. The van der Waals surface area contributed by atoms with Crippen molar-refractivity contribution in [3.63, 3.8) is 0 Å². The molecule has 1 aliphatic carbocycles. The molecule has 1 saturated carbocycles. The first-order chi connectivity index (χ1) is 9.06. The second-order valence-corrected chi connectivity index (χ2v) is 5.26. The molecule has 19 heavy (non-hydrogen) atoms. The van der Waals surface area contributed by atoms with E-state index in [9.17, 15) is 10.1 Å². The van der Waals surface area contributed by atoms with Crippen LogP contribution in [0.4, 0.5) is 0 Å². The van der Waals surface area contributed by atoms with Crippen LogP contribution < -0.4 is 5.43 Å². The summed E-state index contributed by atoms with van der Waals surface area (Å²) in [4.78, 5) is 20.9. The van der Waals surface area contributed by atoms with E-state index >= 15 is 0 Å². The van der Waals surface area contributed by atoms with E-state index < -0.39 is 5.03 Å². The zero-order valence-electron chi connectivity index (χ0n) is 10.0. The Morgan fingerprint density at radius 1 is 1.53 bits per heavy atom. The third kappa shape index (κ3) is 2.60. The molecule has 8 heteroatoms. The predicted molar refractivity (Wildman–Crippen MR) is 69.2 cm³/mol. The van der Waals surface area contributed by atoms with Crippen LogP contribution >= 0.6 is 11.6 Å². The lowest BCUT2D eigenvalue weighted by Gasteiger charge is -2.18. The third-order valence-electron chi connectivity index (χ3n) is 3.31. The van der Waals surface area contributed by atoms with Gasteiger partial charge in [0, 0.05) is 19.3 Å². The highest BCUT2D eigenvalue weighted by Gasteiger charge is 2.50. The van der Waals surface area contributed by atoms with E-state index in [0.29, 0.717) is 24.2 Å². The summed E-state index contributed by atoms with van der Waals surface area (Å²) in [7, 11) is 0. The molecular weight excluding hydrogens is 270 g/mol. The Kier molecular flexibility index (Phi) is 2.78. The molecule has 2 heterocycles. The molecule has 0 amide bonds. The van der Waals surface area contributed by atoms with E-state index in [1.807, 2.05) is 11.0 Å². The van der Waals surface area contributed by atoms with Crippen molar-refractivity contribution in [2.24, 2.45) is 4.99 Å². The number of guanidine groups is 1. The van der Waals surface area contributed by atoms with Crippen LogP contribution in [-0.4, -0.2) is 33.0 Å². The largest absolute Gasteiger partial charge is 0.332 e. The average Bonchev–Trinajstić information content (AvgIpc) is 3.01. The zero-order valence-corrected chi connectivity index (χ0v) is 10.8. The van der Waals surface area contributed by atoms with Crippen LogP contribution in [0, 0.1) is 10.1 Å². The first-order valence-corrected chi connectivity index (χ1v) is 6.30. The molecular formula is C11H12ClN5O2. The number of hydrazine groups is 1. The Morgan fingerprint density at radius 2 is 2.32 bits per heavy atom. The van der Waals surface area contributed by atoms with Crippen molar-refractivity contribution < 1.29 is 5.03 Å². The molecule has 100 valence electrons. The minimum Gasteiger partial charge on any atom is -0.332 e.